The lowest BCUT2D eigenvalue weighted by Crippen LogP contribution is -2.20. The molecular formula is C35H27N5. The summed E-state index contributed by atoms with van der Waals surface area (Å²) in [6.07, 6.45) is 17.4. The van der Waals surface area contributed by atoms with Gasteiger partial charge in [-0.05, 0) is 70.8 Å². The minimum absolute atomic E-state index is 0.705. The van der Waals surface area contributed by atoms with E-state index in [0.717, 1.165) is 62.0 Å². The highest BCUT2D eigenvalue weighted by atomic mass is 15.2. The smallest absolute Gasteiger partial charge is 0.113 e. The molecule has 40 heavy (non-hydrogen) atoms. The number of para-hydroxylation sites is 2. The molecule has 0 atom stereocenters. The standard InChI is InChI=1S/C35H27N5/c1-5-24-19-26-13-9-11-15-32(26)39(7-3)34(24)21-28-17-18-29-30(37-38-31(29)23-36-28)22-35-25(6-2)20-27-14-10-12-16-33(27)40(35)8-4/h5-23H,1-4H2/b34-21+,35-22+. The third-order valence-corrected chi connectivity index (χ3v) is 7.06. The number of hydrogen-bond acceptors (Lipinski definition) is 5. The minimum Gasteiger partial charge on any atom is -0.316 e. The van der Waals surface area contributed by atoms with Gasteiger partial charge in [0, 0.05) is 18.0 Å². The zero-order valence-electron chi connectivity index (χ0n) is 22.0. The van der Waals surface area contributed by atoms with Gasteiger partial charge in [-0.2, -0.15) is 0 Å². The van der Waals surface area contributed by atoms with Gasteiger partial charge in [-0.15, -0.1) is 10.2 Å². The number of anilines is 2. The van der Waals surface area contributed by atoms with Crippen LogP contribution in [0.4, 0.5) is 11.4 Å². The predicted molar refractivity (Wildman–Crippen MR) is 167 cm³/mol. The van der Waals surface area contributed by atoms with Crippen LogP contribution >= 0.6 is 0 Å². The number of fused-ring (bicyclic) bond motifs is 3. The average Bonchev–Trinajstić information content (AvgIpc) is 3.26. The van der Waals surface area contributed by atoms with E-state index in [0.29, 0.717) is 5.69 Å². The van der Waals surface area contributed by atoms with Crippen LogP contribution in [0, 0.1) is 0 Å². The van der Waals surface area contributed by atoms with Gasteiger partial charge < -0.3 is 9.80 Å². The molecule has 5 nitrogen and oxygen atoms in total. The molecule has 0 aliphatic carbocycles. The van der Waals surface area contributed by atoms with Gasteiger partial charge in [0.15, 0.2) is 0 Å². The Morgan fingerprint density at radius 3 is 1.77 bits per heavy atom. The maximum Gasteiger partial charge on any atom is 0.113 e. The van der Waals surface area contributed by atoms with E-state index in [4.69, 9.17) is 4.98 Å². The lowest BCUT2D eigenvalue weighted by atomic mass is 9.98. The van der Waals surface area contributed by atoms with Crippen LogP contribution < -0.4 is 9.80 Å². The largest absolute Gasteiger partial charge is 0.316 e. The summed E-state index contributed by atoms with van der Waals surface area (Å²) in [5.74, 6) is 0. The summed E-state index contributed by atoms with van der Waals surface area (Å²) in [5.41, 5.74) is 11.3. The molecule has 4 aliphatic heterocycles. The van der Waals surface area contributed by atoms with Gasteiger partial charge in [-0.3, -0.25) is 4.98 Å². The Balaban J connectivity index is 1.43. The van der Waals surface area contributed by atoms with Crippen molar-refractivity contribution in [1.82, 2.24) is 15.2 Å². The van der Waals surface area contributed by atoms with Crippen molar-refractivity contribution >= 4 is 35.7 Å². The summed E-state index contributed by atoms with van der Waals surface area (Å²) in [5, 5.41) is 8.91. The third-order valence-electron chi connectivity index (χ3n) is 7.06. The average molecular weight is 518 g/mol. The van der Waals surface area contributed by atoms with Crippen LogP contribution in [0.5, 0.6) is 0 Å². The van der Waals surface area contributed by atoms with E-state index < -0.39 is 0 Å². The summed E-state index contributed by atoms with van der Waals surface area (Å²) in [6, 6.07) is 20.4. The first-order valence-corrected chi connectivity index (χ1v) is 12.9. The lowest BCUT2D eigenvalue weighted by molar-refractivity contribution is 1.08. The molecule has 0 N–H and O–H groups in total. The second kappa shape index (κ2) is 10.3. The molecule has 192 valence electrons. The lowest BCUT2D eigenvalue weighted by Gasteiger charge is -2.30. The van der Waals surface area contributed by atoms with Crippen molar-refractivity contribution in [3.63, 3.8) is 0 Å². The Bertz CT molecular complexity index is 1780. The van der Waals surface area contributed by atoms with Gasteiger partial charge in [0.2, 0.25) is 0 Å². The third kappa shape index (κ3) is 4.20. The number of hydrogen-bond donors (Lipinski definition) is 0. The Labute approximate surface area is 234 Å². The molecule has 6 rings (SSSR count). The number of nitrogens with zero attached hydrogens (tertiary/aromatic N) is 5. The van der Waals surface area contributed by atoms with Gasteiger partial charge in [0.05, 0.1) is 40.4 Å². The second-order valence-electron chi connectivity index (χ2n) is 9.29. The molecule has 0 radical (unpaired) electrons. The Kier molecular flexibility index (Phi) is 6.38. The summed E-state index contributed by atoms with van der Waals surface area (Å²) >= 11 is 0. The van der Waals surface area contributed by atoms with Crippen molar-refractivity contribution in [2.75, 3.05) is 9.80 Å². The maximum absolute atomic E-state index is 4.73. The molecule has 0 saturated heterocycles. The van der Waals surface area contributed by atoms with E-state index in [9.17, 15) is 0 Å². The van der Waals surface area contributed by atoms with E-state index in [2.05, 4.69) is 82.7 Å². The highest BCUT2D eigenvalue weighted by molar-refractivity contribution is 5.88. The summed E-state index contributed by atoms with van der Waals surface area (Å²) in [4.78, 5) is 8.85. The number of aromatic nitrogens is 3. The van der Waals surface area contributed by atoms with Crippen molar-refractivity contribution in [1.29, 1.82) is 0 Å². The number of allylic oxidation sites excluding steroid dienone is 2. The fraction of sp³-hybridized carbons (Fsp3) is 0. The van der Waals surface area contributed by atoms with Crippen molar-refractivity contribution < 1.29 is 0 Å². The molecular weight excluding hydrogens is 490 g/mol. The Hall–Kier alpha value is -5.55. The van der Waals surface area contributed by atoms with E-state index in [1.54, 1.807) is 6.20 Å². The van der Waals surface area contributed by atoms with Gasteiger partial charge >= 0.3 is 0 Å². The molecule has 2 aromatic rings. The molecule has 0 saturated carbocycles. The van der Waals surface area contributed by atoms with Gasteiger partial charge in [0.1, 0.15) is 5.69 Å². The molecule has 0 fully saturated rings. The molecule has 4 heterocycles. The monoisotopic (exact) mass is 517 g/mol. The molecule has 0 unspecified atom stereocenters. The van der Waals surface area contributed by atoms with Crippen molar-refractivity contribution in [2.24, 2.45) is 0 Å². The molecule has 0 amide bonds. The van der Waals surface area contributed by atoms with Crippen LogP contribution in [0.1, 0.15) is 22.5 Å². The molecule has 0 bridgehead atoms. The quantitative estimate of drug-likeness (QED) is 0.258. The number of rotatable bonds is 6. The summed E-state index contributed by atoms with van der Waals surface area (Å²) in [7, 11) is 0. The fourth-order valence-electron chi connectivity index (χ4n) is 5.13. The highest BCUT2D eigenvalue weighted by Crippen LogP contribution is 2.38. The van der Waals surface area contributed by atoms with Crippen molar-refractivity contribution in [2.45, 2.75) is 0 Å². The molecule has 0 aromatic heterocycles. The van der Waals surface area contributed by atoms with E-state index >= 15 is 0 Å². The topological polar surface area (TPSA) is 45.2 Å². The molecule has 4 aliphatic rings. The van der Waals surface area contributed by atoms with Crippen molar-refractivity contribution in [3.05, 3.63) is 163 Å². The zero-order valence-corrected chi connectivity index (χ0v) is 22.0. The maximum atomic E-state index is 4.73. The summed E-state index contributed by atoms with van der Waals surface area (Å²) in [6.45, 7) is 16.2. The zero-order chi connectivity index (χ0) is 27.6. The fourth-order valence-corrected chi connectivity index (χ4v) is 5.13. The first kappa shape index (κ1) is 24.8. The van der Waals surface area contributed by atoms with Crippen LogP contribution in [0.25, 0.3) is 35.6 Å². The minimum atomic E-state index is 0.705. The molecule has 0 spiro atoms. The highest BCUT2D eigenvalue weighted by Gasteiger charge is 2.22. The molecule has 5 heteroatoms. The number of benzene rings is 2. The van der Waals surface area contributed by atoms with Crippen LogP contribution in [0.15, 0.2) is 140 Å². The van der Waals surface area contributed by atoms with Gasteiger partial charge in [0.25, 0.3) is 0 Å². The van der Waals surface area contributed by atoms with E-state index in [1.165, 1.54) is 0 Å². The van der Waals surface area contributed by atoms with E-state index in [1.807, 2.05) is 73.1 Å². The first-order valence-electron chi connectivity index (χ1n) is 12.9. The van der Waals surface area contributed by atoms with E-state index in [-0.39, 0.29) is 0 Å². The summed E-state index contributed by atoms with van der Waals surface area (Å²) < 4.78 is 0. The van der Waals surface area contributed by atoms with Crippen LogP contribution in [-0.4, -0.2) is 15.2 Å². The normalized spacial score (nSPS) is 16.2. The SMILES string of the molecule is C=CC1=Cc2ccccc2N(C=C)/C1=C/c1ccc2c(/C=C3\C(C=C)=Cc4ccccc4N3C=C)nnc-2cn1. The Morgan fingerprint density at radius 2 is 1.20 bits per heavy atom. The van der Waals surface area contributed by atoms with Crippen LogP contribution in [0.2, 0.25) is 0 Å². The van der Waals surface area contributed by atoms with Crippen LogP contribution in [0.3, 0.4) is 0 Å². The van der Waals surface area contributed by atoms with Gasteiger partial charge in [-0.25, -0.2) is 0 Å². The second-order valence-corrected chi connectivity index (χ2v) is 9.29. The predicted octanol–water partition coefficient (Wildman–Crippen LogP) is 8.12. The Morgan fingerprint density at radius 1 is 0.625 bits per heavy atom. The van der Waals surface area contributed by atoms with Gasteiger partial charge in [-0.1, -0.05) is 74.9 Å². The van der Waals surface area contributed by atoms with Crippen LogP contribution in [-0.2, 0) is 0 Å². The first-order chi connectivity index (χ1) is 19.6. The molecule has 2 aromatic carbocycles. The van der Waals surface area contributed by atoms with Crippen molar-refractivity contribution in [3.8, 4) is 11.3 Å².